The third kappa shape index (κ3) is 4.53. The SMILES string of the molecule is CCSCCNC(=O)c1cccc([C@@H]2CCCNC2)c1. The van der Waals surface area contributed by atoms with Crippen molar-refractivity contribution in [1.82, 2.24) is 10.6 Å². The van der Waals surface area contributed by atoms with Crippen LogP contribution in [0.1, 0.15) is 41.6 Å². The molecule has 0 bridgehead atoms. The van der Waals surface area contributed by atoms with Crippen LogP contribution in [0.4, 0.5) is 0 Å². The van der Waals surface area contributed by atoms with E-state index < -0.39 is 0 Å². The molecule has 1 aliphatic heterocycles. The lowest BCUT2D eigenvalue weighted by molar-refractivity contribution is 0.0956. The van der Waals surface area contributed by atoms with Crippen molar-refractivity contribution in [2.45, 2.75) is 25.7 Å². The van der Waals surface area contributed by atoms with Gasteiger partial charge in [-0.2, -0.15) is 11.8 Å². The Kier molecular flexibility index (Phi) is 6.40. The zero-order chi connectivity index (χ0) is 14.2. The molecule has 1 saturated heterocycles. The predicted molar refractivity (Wildman–Crippen MR) is 86.6 cm³/mol. The molecule has 110 valence electrons. The minimum absolute atomic E-state index is 0.0484. The van der Waals surface area contributed by atoms with Crippen LogP contribution in [0.2, 0.25) is 0 Å². The highest BCUT2D eigenvalue weighted by Gasteiger charge is 2.16. The average molecular weight is 292 g/mol. The molecule has 2 rings (SSSR count). The van der Waals surface area contributed by atoms with E-state index in [0.29, 0.717) is 5.92 Å². The average Bonchev–Trinajstić information content (AvgIpc) is 2.52. The molecule has 2 N–H and O–H groups in total. The summed E-state index contributed by atoms with van der Waals surface area (Å²) in [6.45, 7) is 5.02. The van der Waals surface area contributed by atoms with Gasteiger partial charge in [-0.3, -0.25) is 4.79 Å². The van der Waals surface area contributed by atoms with Gasteiger partial charge in [0.2, 0.25) is 0 Å². The molecule has 0 radical (unpaired) electrons. The Hall–Kier alpha value is -1.00. The summed E-state index contributed by atoms with van der Waals surface area (Å²) in [5.41, 5.74) is 2.07. The third-order valence-corrected chi connectivity index (χ3v) is 4.55. The molecule has 1 fully saturated rings. The highest BCUT2D eigenvalue weighted by atomic mass is 32.2. The standard InChI is InChI=1S/C16H24N2OS/c1-2-20-10-9-18-16(19)14-6-3-5-13(11-14)15-7-4-8-17-12-15/h3,5-6,11,15,17H,2,4,7-10,12H2,1H3,(H,18,19)/t15-/m1/s1. The van der Waals surface area contributed by atoms with Crippen molar-refractivity contribution in [3.05, 3.63) is 35.4 Å². The summed E-state index contributed by atoms with van der Waals surface area (Å²) in [5.74, 6) is 2.67. The number of carbonyl (C=O) groups is 1. The Labute approximate surface area is 125 Å². The van der Waals surface area contributed by atoms with E-state index in [0.717, 1.165) is 36.7 Å². The van der Waals surface area contributed by atoms with Crippen LogP contribution in [-0.4, -0.2) is 37.0 Å². The fraction of sp³-hybridized carbons (Fsp3) is 0.562. The summed E-state index contributed by atoms with van der Waals surface area (Å²) < 4.78 is 0. The minimum Gasteiger partial charge on any atom is -0.351 e. The van der Waals surface area contributed by atoms with Crippen molar-refractivity contribution in [1.29, 1.82) is 0 Å². The van der Waals surface area contributed by atoms with E-state index in [1.165, 1.54) is 18.4 Å². The van der Waals surface area contributed by atoms with E-state index in [4.69, 9.17) is 0 Å². The Morgan fingerprint density at radius 2 is 2.40 bits per heavy atom. The highest BCUT2D eigenvalue weighted by Crippen LogP contribution is 2.23. The number of rotatable bonds is 6. The molecule has 20 heavy (non-hydrogen) atoms. The molecule has 1 heterocycles. The summed E-state index contributed by atoms with van der Waals surface area (Å²) in [6.07, 6.45) is 2.43. The van der Waals surface area contributed by atoms with Crippen molar-refractivity contribution in [3.63, 3.8) is 0 Å². The topological polar surface area (TPSA) is 41.1 Å². The number of hydrogen-bond donors (Lipinski definition) is 2. The highest BCUT2D eigenvalue weighted by molar-refractivity contribution is 7.99. The maximum absolute atomic E-state index is 12.1. The lowest BCUT2D eigenvalue weighted by Crippen LogP contribution is -2.29. The summed E-state index contributed by atoms with van der Waals surface area (Å²) in [6, 6.07) is 8.10. The molecule has 1 atom stereocenters. The molecular weight excluding hydrogens is 268 g/mol. The molecule has 0 aromatic heterocycles. The second-order valence-corrected chi connectivity index (χ2v) is 6.52. The maximum Gasteiger partial charge on any atom is 0.251 e. The molecule has 0 spiro atoms. The van der Waals surface area contributed by atoms with Crippen LogP contribution in [-0.2, 0) is 0 Å². The molecular formula is C16H24N2OS. The van der Waals surface area contributed by atoms with Gasteiger partial charge in [0.05, 0.1) is 0 Å². The van der Waals surface area contributed by atoms with Gasteiger partial charge in [-0.05, 0) is 48.8 Å². The largest absolute Gasteiger partial charge is 0.351 e. The second kappa shape index (κ2) is 8.32. The number of nitrogens with one attached hydrogen (secondary N) is 2. The number of hydrogen-bond acceptors (Lipinski definition) is 3. The van der Waals surface area contributed by atoms with E-state index in [9.17, 15) is 4.79 Å². The van der Waals surface area contributed by atoms with Crippen molar-refractivity contribution >= 4 is 17.7 Å². The maximum atomic E-state index is 12.1. The Morgan fingerprint density at radius 1 is 1.50 bits per heavy atom. The molecule has 4 heteroatoms. The van der Waals surface area contributed by atoms with Crippen LogP contribution in [0, 0.1) is 0 Å². The van der Waals surface area contributed by atoms with Crippen LogP contribution in [0.5, 0.6) is 0 Å². The number of carbonyl (C=O) groups excluding carboxylic acids is 1. The number of amides is 1. The van der Waals surface area contributed by atoms with Crippen LogP contribution < -0.4 is 10.6 Å². The van der Waals surface area contributed by atoms with Crippen molar-refractivity contribution in [3.8, 4) is 0 Å². The normalized spacial score (nSPS) is 18.8. The van der Waals surface area contributed by atoms with Crippen molar-refractivity contribution in [2.24, 2.45) is 0 Å². The van der Waals surface area contributed by atoms with Gasteiger partial charge in [0.1, 0.15) is 0 Å². The van der Waals surface area contributed by atoms with Gasteiger partial charge in [0, 0.05) is 24.4 Å². The first kappa shape index (κ1) is 15.4. The first-order valence-corrected chi connectivity index (χ1v) is 8.63. The van der Waals surface area contributed by atoms with Gasteiger partial charge < -0.3 is 10.6 Å². The van der Waals surface area contributed by atoms with E-state index >= 15 is 0 Å². The monoisotopic (exact) mass is 292 g/mol. The first-order chi connectivity index (χ1) is 9.81. The molecule has 0 saturated carbocycles. The second-order valence-electron chi connectivity index (χ2n) is 5.12. The van der Waals surface area contributed by atoms with E-state index in [1.807, 2.05) is 23.9 Å². The van der Waals surface area contributed by atoms with Crippen molar-refractivity contribution in [2.75, 3.05) is 31.1 Å². The molecule has 0 aliphatic carbocycles. The van der Waals surface area contributed by atoms with Gasteiger partial charge in [-0.1, -0.05) is 19.1 Å². The van der Waals surface area contributed by atoms with E-state index in [1.54, 1.807) is 0 Å². The van der Waals surface area contributed by atoms with Crippen LogP contribution in [0.15, 0.2) is 24.3 Å². The molecule has 1 aliphatic rings. The number of thioether (sulfide) groups is 1. The van der Waals surface area contributed by atoms with Gasteiger partial charge >= 0.3 is 0 Å². The fourth-order valence-corrected chi connectivity index (χ4v) is 3.09. The molecule has 0 unspecified atom stereocenters. The fourth-order valence-electron chi connectivity index (χ4n) is 2.55. The Morgan fingerprint density at radius 3 is 3.15 bits per heavy atom. The molecule has 1 amide bonds. The van der Waals surface area contributed by atoms with Crippen LogP contribution in [0.25, 0.3) is 0 Å². The third-order valence-electron chi connectivity index (χ3n) is 3.65. The summed E-state index contributed by atoms with van der Waals surface area (Å²) in [5, 5.41) is 6.42. The number of piperidine rings is 1. The van der Waals surface area contributed by atoms with Gasteiger partial charge in [-0.15, -0.1) is 0 Å². The molecule has 3 nitrogen and oxygen atoms in total. The lowest BCUT2D eigenvalue weighted by atomic mass is 9.90. The summed E-state index contributed by atoms with van der Waals surface area (Å²) in [4.78, 5) is 12.1. The number of benzene rings is 1. The van der Waals surface area contributed by atoms with Gasteiger partial charge in [-0.25, -0.2) is 0 Å². The first-order valence-electron chi connectivity index (χ1n) is 7.48. The smallest absolute Gasteiger partial charge is 0.251 e. The Bertz CT molecular complexity index is 430. The predicted octanol–water partition coefficient (Wildman–Crippen LogP) is 2.64. The molecule has 1 aromatic rings. The lowest BCUT2D eigenvalue weighted by Gasteiger charge is -2.23. The quantitative estimate of drug-likeness (QED) is 0.792. The zero-order valence-corrected chi connectivity index (χ0v) is 13.0. The molecule has 1 aromatic carbocycles. The zero-order valence-electron chi connectivity index (χ0n) is 12.2. The van der Waals surface area contributed by atoms with E-state index in [2.05, 4.69) is 29.7 Å². The van der Waals surface area contributed by atoms with Crippen molar-refractivity contribution < 1.29 is 4.79 Å². The van der Waals surface area contributed by atoms with E-state index in [-0.39, 0.29) is 5.91 Å². The van der Waals surface area contributed by atoms with Crippen LogP contribution >= 0.6 is 11.8 Å². The van der Waals surface area contributed by atoms with Gasteiger partial charge in [0.25, 0.3) is 5.91 Å². The summed E-state index contributed by atoms with van der Waals surface area (Å²) >= 11 is 1.85. The van der Waals surface area contributed by atoms with Gasteiger partial charge in [0.15, 0.2) is 0 Å². The Balaban J connectivity index is 1.92. The summed E-state index contributed by atoms with van der Waals surface area (Å²) in [7, 11) is 0. The minimum atomic E-state index is 0.0484. The van der Waals surface area contributed by atoms with Crippen LogP contribution in [0.3, 0.4) is 0 Å².